The molecule has 0 saturated carbocycles. The third kappa shape index (κ3) is 4.95. The van der Waals surface area contributed by atoms with Crippen molar-refractivity contribution in [1.82, 2.24) is 5.32 Å². The summed E-state index contributed by atoms with van der Waals surface area (Å²) in [6.07, 6.45) is 0. The SMILES string of the molecule is OCCNCc1cc(Br)ccc1OCc1cc(F)c(F)cc1F. The first-order valence-electron chi connectivity index (χ1n) is 6.87. The third-order valence-corrected chi connectivity index (χ3v) is 3.59. The lowest BCUT2D eigenvalue weighted by Gasteiger charge is -2.13. The van der Waals surface area contributed by atoms with E-state index in [1.54, 1.807) is 12.1 Å². The normalized spacial score (nSPS) is 10.8. The molecule has 2 aromatic rings. The Kier molecular flexibility index (Phi) is 6.44. The summed E-state index contributed by atoms with van der Waals surface area (Å²) in [6.45, 7) is 0.640. The van der Waals surface area contributed by atoms with Gasteiger partial charge in [-0.15, -0.1) is 0 Å². The summed E-state index contributed by atoms with van der Waals surface area (Å²) in [5.74, 6) is -2.72. The van der Waals surface area contributed by atoms with Crippen LogP contribution in [0.2, 0.25) is 0 Å². The van der Waals surface area contributed by atoms with Crippen molar-refractivity contribution in [3.05, 3.63) is 63.4 Å². The van der Waals surface area contributed by atoms with Crippen LogP contribution in [0.5, 0.6) is 5.75 Å². The molecule has 2 N–H and O–H groups in total. The van der Waals surface area contributed by atoms with Gasteiger partial charge in [-0.1, -0.05) is 15.9 Å². The lowest BCUT2D eigenvalue weighted by Crippen LogP contribution is -2.18. The maximum Gasteiger partial charge on any atom is 0.161 e. The summed E-state index contributed by atoms with van der Waals surface area (Å²) in [6, 6.07) is 6.55. The lowest BCUT2D eigenvalue weighted by atomic mass is 10.2. The number of hydrogen-bond donors (Lipinski definition) is 2. The van der Waals surface area contributed by atoms with Crippen LogP contribution in [0, 0.1) is 17.5 Å². The highest BCUT2D eigenvalue weighted by molar-refractivity contribution is 9.10. The Morgan fingerprint density at radius 3 is 2.48 bits per heavy atom. The zero-order valence-corrected chi connectivity index (χ0v) is 13.7. The molecule has 0 bridgehead atoms. The second-order valence-corrected chi connectivity index (χ2v) is 5.71. The Hall–Kier alpha value is -1.57. The van der Waals surface area contributed by atoms with Crippen LogP contribution < -0.4 is 10.1 Å². The molecule has 2 aromatic carbocycles. The highest BCUT2D eigenvalue weighted by atomic mass is 79.9. The summed E-state index contributed by atoms with van der Waals surface area (Å²) >= 11 is 3.35. The van der Waals surface area contributed by atoms with Crippen molar-refractivity contribution in [2.24, 2.45) is 0 Å². The van der Waals surface area contributed by atoms with Crippen molar-refractivity contribution in [2.75, 3.05) is 13.2 Å². The first-order chi connectivity index (χ1) is 11.0. The number of ether oxygens (including phenoxy) is 1. The molecule has 0 spiro atoms. The van der Waals surface area contributed by atoms with Crippen LogP contribution in [0.25, 0.3) is 0 Å². The molecule has 124 valence electrons. The van der Waals surface area contributed by atoms with E-state index in [1.807, 2.05) is 6.07 Å². The van der Waals surface area contributed by atoms with Crippen molar-refractivity contribution in [2.45, 2.75) is 13.2 Å². The number of benzene rings is 2. The maximum absolute atomic E-state index is 13.6. The van der Waals surface area contributed by atoms with E-state index in [1.165, 1.54) is 0 Å². The number of halogens is 4. The molecular formula is C16H15BrF3NO2. The van der Waals surface area contributed by atoms with E-state index in [4.69, 9.17) is 9.84 Å². The average Bonchev–Trinajstić information content (AvgIpc) is 2.51. The van der Waals surface area contributed by atoms with Gasteiger partial charge in [-0.25, -0.2) is 13.2 Å². The number of nitrogens with one attached hydrogen (secondary N) is 1. The monoisotopic (exact) mass is 389 g/mol. The second kappa shape index (κ2) is 8.33. The Morgan fingerprint density at radius 2 is 1.74 bits per heavy atom. The number of aliphatic hydroxyl groups is 1. The molecule has 2 rings (SSSR count). The fraction of sp³-hybridized carbons (Fsp3) is 0.250. The quantitative estimate of drug-likeness (QED) is 0.562. The van der Waals surface area contributed by atoms with Gasteiger partial charge in [0.2, 0.25) is 0 Å². The molecule has 0 aliphatic carbocycles. The molecular weight excluding hydrogens is 375 g/mol. The van der Waals surface area contributed by atoms with Gasteiger partial charge in [0.05, 0.1) is 6.61 Å². The van der Waals surface area contributed by atoms with Crippen molar-refractivity contribution >= 4 is 15.9 Å². The van der Waals surface area contributed by atoms with Gasteiger partial charge < -0.3 is 15.2 Å². The Morgan fingerprint density at radius 1 is 1.00 bits per heavy atom. The predicted octanol–water partition coefficient (Wildman–Crippen LogP) is 3.53. The molecule has 0 unspecified atom stereocenters. The smallest absolute Gasteiger partial charge is 0.161 e. The third-order valence-electron chi connectivity index (χ3n) is 3.10. The fourth-order valence-electron chi connectivity index (χ4n) is 1.96. The minimum atomic E-state index is -1.23. The van der Waals surface area contributed by atoms with Gasteiger partial charge in [0.1, 0.15) is 18.2 Å². The number of hydrogen-bond acceptors (Lipinski definition) is 3. The average molecular weight is 390 g/mol. The molecule has 0 fully saturated rings. The largest absolute Gasteiger partial charge is 0.488 e. The molecule has 0 aromatic heterocycles. The Bertz CT molecular complexity index is 683. The van der Waals surface area contributed by atoms with Gasteiger partial charge in [0.15, 0.2) is 11.6 Å². The topological polar surface area (TPSA) is 41.5 Å². The van der Waals surface area contributed by atoms with E-state index in [-0.39, 0.29) is 18.8 Å². The van der Waals surface area contributed by atoms with E-state index >= 15 is 0 Å². The van der Waals surface area contributed by atoms with Crippen molar-refractivity contribution in [3.8, 4) is 5.75 Å². The minimum Gasteiger partial charge on any atom is -0.488 e. The molecule has 23 heavy (non-hydrogen) atoms. The molecule has 0 heterocycles. The van der Waals surface area contributed by atoms with Crippen LogP contribution in [0.3, 0.4) is 0 Å². The molecule has 0 aliphatic heterocycles. The van der Waals surface area contributed by atoms with E-state index in [0.29, 0.717) is 24.9 Å². The molecule has 0 radical (unpaired) electrons. The van der Waals surface area contributed by atoms with Gasteiger partial charge in [-0.2, -0.15) is 0 Å². The molecule has 7 heteroatoms. The van der Waals surface area contributed by atoms with Gasteiger partial charge >= 0.3 is 0 Å². The minimum absolute atomic E-state index is 0.00423. The molecule has 0 atom stereocenters. The molecule has 0 amide bonds. The van der Waals surface area contributed by atoms with Crippen molar-refractivity contribution in [3.63, 3.8) is 0 Å². The summed E-state index contributed by atoms with van der Waals surface area (Å²) in [4.78, 5) is 0. The molecule has 0 aliphatic rings. The maximum atomic E-state index is 13.6. The number of aliphatic hydroxyl groups excluding tert-OH is 1. The summed E-state index contributed by atoms with van der Waals surface area (Å²) in [5.41, 5.74) is 0.719. The van der Waals surface area contributed by atoms with Crippen molar-refractivity contribution < 1.29 is 23.0 Å². The van der Waals surface area contributed by atoms with Crippen LogP contribution in [0.1, 0.15) is 11.1 Å². The van der Waals surface area contributed by atoms with Crippen LogP contribution >= 0.6 is 15.9 Å². The van der Waals surface area contributed by atoms with Crippen molar-refractivity contribution in [1.29, 1.82) is 0 Å². The predicted molar refractivity (Wildman–Crippen MR) is 83.6 cm³/mol. The highest BCUT2D eigenvalue weighted by Crippen LogP contribution is 2.25. The van der Waals surface area contributed by atoms with E-state index in [9.17, 15) is 13.2 Å². The van der Waals surface area contributed by atoms with Gasteiger partial charge in [0.25, 0.3) is 0 Å². The lowest BCUT2D eigenvalue weighted by molar-refractivity contribution is 0.285. The van der Waals surface area contributed by atoms with E-state index in [2.05, 4.69) is 21.2 Å². The summed E-state index contributed by atoms with van der Waals surface area (Å²) in [7, 11) is 0. The first kappa shape index (κ1) is 17.8. The van der Waals surface area contributed by atoms with Gasteiger partial charge in [0, 0.05) is 34.8 Å². The second-order valence-electron chi connectivity index (χ2n) is 4.80. The van der Waals surface area contributed by atoms with Crippen LogP contribution in [0.15, 0.2) is 34.8 Å². The molecule has 0 saturated heterocycles. The van der Waals surface area contributed by atoms with Gasteiger partial charge in [-0.05, 0) is 24.3 Å². The zero-order chi connectivity index (χ0) is 16.8. The standard InChI is InChI=1S/C16H15BrF3NO2/c17-12-1-2-16(10(5-12)8-21-3-4-22)23-9-11-6-14(19)15(20)7-13(11)18/h1-2,5-7,21-22H,3-4,8-9H2. The fourth-order valence-corrected chi connectivity index (χ4v) is 2.37. The Balaban J connectivity index is 2.12. The first-order valence-corrected chi connectivity index (χ1v) is 7.66. The van der Waals surface area contributed by atoms with Crippen LogP contribution in [0.4, 0.5) is 13.2 Å². The summed E-state index contributed by atoms with van der Waals surface area (Å²) in [5, 5.41) is 11.8. The van der Waals surface area contributed by atoms with E-state index in [0.717, 1.165) is 16.1 Å². The summed E-state index contributed by atoms with van der Waals surface area (Å²) < 4.78 is 46.1. The van der Waals surface area contributed by atoms with Crippen LogP contribution in [-0.2, 0) is 13.2 Å². The van der Waals surface area contributed by atoms with E-state index < -0.39 is 17.5 Å². The number of rotatable bonds is 7. The Labute approximate surface area is 140 Å². The van der Waals surface area contributed by atoms with Crippen LogP contribution in [-0.4, -0.2) is 18.3 Å². The zero-order valence-electron chi connectivity index (χ0n) is 12.1. The molecule has 3 nitrogen and oxygen atoms in total. The highest BCUT2D eigenvalue weighted by Gasteiger charge is 2.11. The van der Waals surface area contributed by atoms with Gasteiger partial charge in [-0.3, -0.25) is 0 Å².